The second-order valence-electron chi connectivity index (χ2n) is 8.24. The number of likely N-dealkylation sites (tertiary alicyclic amines) is 1. The number of aliphatic imine (C=N–C) groups is 1. The summed E-state index contributed by atoms with van der Waals surface area (Å²) in [4.78, 5) is 18.7. The largest absolute Gasteiger partial charge is 0.444 e. The molecule has 146 valence electrons. The van der Waals surface area contributed by atoms with Crippen LogP contribution in [0.4, 0.5) is 4.79 Å². The van der Waals surface area contributed by atoms with E-state index >= 15 is 0 Å². The first kappa shape index (κ1) is 21.5. The van der Waals surface area contributed by atoms with Crippen molar-refractivity contribution in [1.82, 2.24) is 20.9 Å². The number of nitrogens with one attached hydrogen (secondary N) is 3. The number of likely N-dealkylation sites (N-methyl/N-ethyl adjacent to an activating group) is 1. The van der Waals surface area contributed by atoms with Crippen LogP contribution < -0.4 is 16.0 Å². The van der Waals surface area contributed by atoms with Gasteiger partial charge in [-0.2, -0.15) is 0 Å². The molecule has 0 aliphatic carbocycles. The van der Waals surface area contributed by atoms with E-state index < -0.39 is 17.2 Å². The van der Waals surface area contributed by atoms with Gasteiger partial charge in [-0.25, -0.2) is 4.79 Å². The maximum Gasteiger partial charge on any atom is 0.408 e. The van der Waals surface area contributed by atoms with Gasteiger partial charge in [0, 0.05) is 26.2 Å². The minimum absolute atomic E-state index is 0.410. The van der Waals surface area contributed by atoms with Crippen LogP contribution in [0.3, 0.4) is 0 Å². The first-order valence-electron chi connectivity index (χ1n) is 9.26. The van der Waals surface area contributed by atoms with Crippen molar-refractivity contribution in [2.45, 2.75) is 71.6 Å². The average Bonchev–Trinajstić information content (AvgIpc) is 2.92. The summed E-state index contributed by atoms with van der Waals surface area (Å²) in [7, 11) is 1.76. The molecule has 0 spiro atoms. The minimum atomic E-state index is -0.502. The molecule has 0 bridgehead atoms. The molecule has 0 aromatic rings. The van der Waals surface area contributed by atoms with Gasteiger partial charge in [0.15, 0.2) is 5.96 Å². The monoisotopic (exact) mass is 355 g/mol. The first-order chi connectivity index (χ1) is 11.6. The standard InChI is InChI=1S/C18H37N5O2/c1-8-23-11-9-10-14(23)12-20-15(19-7)21-13-18(5,6)22-16(24)25-17(2,3)4/h14H,8-13H2,1-7H3,(H,22,24)(H2,19,20,21). The summed E-state index contributed by atoms with van der Waals surface area (Å²) < 4.78 is 5.32. The molecular weight excluding hydrogens is 318 g/mol. The molecule has 0 aromatic carbocycles. The lowest BCUT2D eigenvalue weighted by Gasteiger charge is -2.30. The molecule has 1 aliphatic heterocycles. The number of rotatable bonds is 6. The summed E-state index contributed by atoms with van der Waals surface area (Å²) in [5.74, 6) is 0.752. The number of carbonyl (C=O) groups is 1. The highest BCUT2D eigenvalue weighted by Crippen LogP contribution is 2.15. The van der Waals surface area contributed by atoms with Crippen LogP contribution in [0.2, 0.25) is 0 Å². The van der Waals surface area contributed by atoms with Crippen molar-refractivity contribution in [3.63, 3.8) is 0 Å². The van der Waals surface area contributed by atoms with Gasteiger partial charge in [0.25, 0.3) is 0 Å². The lowest BCUT2D eigenvalue weighted by molar-refractivity contribution is 0.0474. The van der Waals surface area contributed by atoms with Crippen LogP contribution in [0.5, 0.6) is 0 Å². The highest BCUT2D eigenvalue weighted by atomic mass is 16.6. The van der Waals surface area contributed by atoms with Gasteiger partial charge >= 0.3 is 6.09 Å². The zero-order valence-corrected chi connectivity index (χ0v) is 17.0. The fraction of sp³-hybridized carbons (Fsp3) is 0.889. The number of ether oxygens (including phenoxy) is 1. The molecule has 7 nitrogen and oxygen atoms in total. The maximum atomic E-state index is 11.9. The van der Waals surface area contributed by atoms with E-state index in [2.05, 4.69) is 32.8 Å². The van der Waals surface area contributed by atoms with Crippen molar-refractivity contribution in [3.8, 4) is 0 Å². The van der Waals surface area contributed by atoms with Gasteiger partial charge < -0.3 is 20.7 Å². The van der Waals surface area contributed by atoms with Gasteiger partial charge in [0.2, 0.25) is 0 Å². The molecule has 0 radical (unpaired) electrons. The Hall–Kier alpha value is -1.50. The normalized spacial score (nSPS) is 19.6. The van der Waals surface area contributed by atoms with Crippen LogP contribution in [0, 0.1) is 0 Å². The Morgan fingerprint density at radius 3 is 2.48 bits per heavy atom. The molecule has 0 aromatic heterocycles. The number of carbonyl (C=O) groups excluding carboxylic acids is 1. The SMILES string of the molecule is CCN1CCCC1CNC(=NC)NCC(C)(C)NC(=O)OC(C)(C)C. The molecule has 3 N–H and O–H groups in total. The van der Waals surface area contributed by atoms with Crippen LogP contribution in [0.15, 0.2) is 4.99 Å². The molecule has 1 saturated heterocycles. The van der Waals surface area contributed by atoms with Crippen LogP contribution in [-0.2, 0) is 4.74 Å². The number of amides is 1. The zero-order chi connectivity index (χ0) is 19.1. The van der Waals surface area contributed by atoms with Crippen LogP contribution >= 0.6 is 0 Å². The van der Waals surface area contributed by atoms with E-state index in [0.29, 0.717) is 12.6 Å². The van der Waals surface area contributed by atoms with Crippen molar-refractivity contribution < 1.29 is 9.53 Å². The van der Waals surface area contributed by atoms with Gasteiger partial charge in [0.1, 0.15) is 5.60 Å². The van der Waals surface area contributed by atoms with E-state index in [9.17, 15) is 4.79 Å². The third-order valence-electron chi connectivity index (χ3n) is 4.17. The second kappa shape index (κ2) is 9.27. The van der Waals surface area contributed by atoms with E-state index in [-0.39, 0.29) is 0 Å². The van der Waals surface area contributed by atoms with Gasteiger partial charge in [-0.3, -0.25) is 9.89 Å². The molecule has 1 aliphatic rings. The third-order valence-corrected chi connectivity index (χ3v) is 4.17. The minimum Gasteiger partial charge on any atom is -0.444 e. The van der Waals surface area contributed by atoms with E-state index in [1.165, 1.54) is 19.4 Å². The predicted molar refractivity (Wildman–Crippen MR) is 103 cm³/mol. The molecule has 1 fully saturated rings. The molecule has 1 rings (SSSR count). The van der Waals surface area contributed by atoms with Crippen LogP contribution in [-0.4, -0.2) is 67.4 Å². The zero-order valence-electron chi connectivity index (χ0n) is 17.0. The molecular formula is C18H37N5O2. The lowest BCUT2D eigenvalue weighted by atomic mass is 10.1. The Morgan fingerprint density at radius 1 is 1.24 bits per heavy atom. The molecule has 1 amide bonds. The van der Waals surface area contributed by atoms with Gasteiger partial charge in [-0.1, -0.05) is 6.92 Å². The van der Waals surface area contributed by atoms with Crippen LogP contribution in [0.1, 0.15) is 54.4 Å². The van der Waals surface area contributed by atoms with E-state index in [0.717, 1.165) is 19.0 Å². The number of hydrogen-bond acceptors (Lipinski definition) is 4. The maximum absolute atomic E-state index is 11.9. The lowest BCUT2D eigenvalue weighted by Crippen LogP contribution is -2.54. The summed E-state index contributed by atoms with van der Waals surface area (Å²) in [5.41, 5.74) is -0.958. The van der Waals surface area contributed by atoms with Crippen molar-refractivity contribution in [1.29, 1.82) is 0 Å². The number of guanidine groups is 1. The summed E-state index contributed by atoms with van der Waals surface area (Å²) in [6.45, 7) is 15.4. The predicted octanol–water partition coefficient (Wildman–Crippen LogP) is 1.94. The third kappa shape index (κ3) is 8.43. The summed E-state index contributed by atoms with van der Waals surface area (Å²) in [6.07, 6.45) is 2.08. The molecule has 1 atom stereocenters. The van der Waals surface area contributed by atoms with Crippen molar-refractivity contribution in [2.24, 2.45) is 4.99 Å². The Kier molecular flexibility index (Phi) is 7.99. The Morgan fingerprint density at radius 2 is 1.92 bits per heavy atom. The van der Waals surface area contributed by atoms with Crippen molar-refractivity contribution in [2.75, 3.05) is 33.2 Å². The van der Waals surface area contributed by atoms with Gasteiger partial charge in [-0.05, 0) is 60.5 Å². The Labute approximate surface area is 153 Å². The number of hydrogen-bond donors (Lipinski definition) is 3. The Bertz CT molecular complexity index is 457. The highest BCUT2D eigenvalue weighted by molar-refractivity contribution is 5.79. The van der Waals surface area contributed by atoms with Gasteiger partial charge in [0.05, 0.1) is 5.54 Å². The fourth-order valence-electron chi connectivity index (χ4n) is 2.91. The number of alkyl carbamates (subject to hydrolysis) is 1. The van der Waals surface area contributed by atoms with Crippen LogP contribution in [0.25, 0.3) is 0 Å². The van der Waals surface area contributed by atoms with E-state index in [1.54, 1.807) is 7.05 Å². The summed E-state index contributed by atoms with van der Waals surface area (Å²) in [6, 6.07) is 0.566. The van der Waals surface area contributed by atoms with E-state index in [4.69, 9.17) is 4.74 Å². The van der Waals surface area contributed by atoms with Gasteiger partial charge in [-0.15, -0.1) is 0 Å². The van der Waals surface area contributed by atoms with Crippen molar-refractivity contribution in [3.05, 3.63) is 0 Å². The fourth-order valence-corrected chi connectivity index (χ4v) is 2.91. The molecule has 1 heterocycles. The quantitative estimate of drug-likeness (QED) is 0.501. The number of nitrogens with zero attached hydrogens (tertiary/aromatic N) is 2. The highest BCUT2D eigenvalue weighted by Gasteiger charge is 2.26. The molecule has 1 unspecified atom stereocenters. The average molecular weight is 356 g/mol. The smallest absolute Gasteiger partial charge is 0.408 e. The molecule has 0 saturated carbocycles. The van der Waals surface area contributed by atoms with Crippen molar-refractivity contribution >= 4 is 12.1 Å². The first-order valence-corrected chi connectivity index (χ1v) is 9.26. The van der Waals surface area contributed by atoms with E-state index in [1.807, 2.05) is 34.6 Å². The summed E-state index contributed by atoms with van der Waals surface area (Å²) >= 11 is 0. The molecule has 25 heavy (non-hydrogen) atoms. The second-order valence-corrected chi connectivity index (χ2v) is 8.24. The summed E-state index contributed by atoms with van der Waals surface area (Å²) in [5, 5.41) is 9.57. The topological polar surface area (TPSA) is 78.0 Å². The molecule has 7 heteroatoms. The Balaban J connectivity index is 2.41.